The molecule has 1 aliphatic heterocycles. The maximum Gasteiger partial charge on any atom is 0.212 e. The molecule has 118 valence electrons. The number of hydrogen-bond donors (Lipinski definition) is 1. The van der Waals surface area contributed by atoms with Crippen molar-refractivity contribution in [3.05, 3.63) is 23.9 Å². The molecule has 2 rings (SSSR count). The molecule has 0 bridgehead atoms. The van der Waals surface area contributed by atoms with E-state index in [-0.39, 0.29) is 6.04 Å². The highest BCUT2D eigenvalue weighted by molar-refractivity contribution is 5.21. The number of likely N-dealkylation sites (N-methyl/N-ethyl adjacent to an activating group) is 1. The number of nitrogens with two attached hydrogens (primary N) is 1. The Labute approximate surface area is 128 Å². The number of rotatable bonds is 6. The van der Waals surface area contributed by atoms with Gasteiger partial charge in [-0.1, -0.05) is 6.07 Å². The summed E-state index contributed by atoms with van der Waals surface area (Å²) in [6, 6.07) is 4.19. The van der Waals surface area contributed by atoms with Crippen LogP contribution >= 0.6 is 0 Å². The van der Waals surface area contributed by atoms with Crippen molar-refractivity contribution in [1.29, 1.82) is 0 Å². The fourth-order valence-electron chi connectivity index (χ4n) is 3.06. The summed E-state index contributed by atoms with van der Waals surface area (Å²) in [4.78, 5) is 9.08. The molecule has 21 heavy (non-hydrogen) atoms. The van der Waals surface area contributed by atoms with Gasteiger partial charge in [0.25, 0.3) is 0 Å². The Morgan fingerprint density at radius 2 is 2.14 bits per heavy atom. The highest BCUT2D eigenvalue weighted by Gasteiger charge is 2.22. The summed E-state index contributed by atoms with van der Waals surface area (Å²) < 4.78 is 5.11. The number of nitrogens with zero attached hydrogens (tertiary/aromatic N) is 3. The molecule has 0 amide bonds. The van der Waals surface area contributed by atoms with Crippen LogP contribution in [-0.2, 0) is 0 Å². The van der Waals surface area contributed by atoms with E-state index in [0.29, 0.717) is 12.4 Å². The number of hydrogen-bond acceptors (Lipinski definition) is 5. The van der Waals surface area contributed by atoms with E-state index in [2.05, 4.69) is 34.9 Å². The molecule has 2 N–H and O–H groups in total. The lowest BCUT2D eigenvalue weighted by molar-refractivity contribution is 0.151. The lowest BCUT2D eigenvalue weighted by Crippen LogP contribution is -2.38. The van der Waals surface area contributed by atoms with Crippen LogP contribution in [0.5, 0.6) is 5.88 Å². The van der Waals surface area contributed by atoms with Crippen molar-refractivity contribution in [2.75, 3.05) is 47.4 Å². The summed E-state index contributed by atoms with van der Waals surface area (Å²) in [5.41, 5.74) is 7.16. The Kier molecular flexibility index (Phi) is 5.96. The summed E-state index contributed by atoms with van der Waals surface area (Å²) in [6.07, 6.45) is 4.43. The Hall–Kier alpha value is -1.17. The van der Waals surface area contributed by atoms with E-state index in [0.717, 1.165) is 18.0 Å². The van der Waals surface area contributed by atoms with Crippen LogP contribution in [0.3, 0.4) is 0 Å². The predicted molar refractivity (Wildman–Crippen MR) is 85.4 cm³/mol. The van der Waals surface area contributed by atoms with E-state index in [1.54, 1.807) is 7.11 Å². The van der Waals surface area contributed by atoms with Crippen LogP contribution in [-0.4, -0.2) is 62.2 Å². The largest absolute Gasteiger partial charge is 0.481 e. The first-order valence-corrected chi connectivity index (χ1v) is 7.72. The minimum Gasteiger partial charge on any atom is -0.481 e. The molecule has 0 spiro atoms. The minimum absolute atomic E-state index is 0.225. The number of methoxy groups -OCH3 is 1. The van der Waals surface area contributed by atoms with Gasteiger partial charge < -0.3 is 15.4 Å². The van der Waals surface area contributed by atoms with E-state index in [1.165, 1.54) is 25.9 Å². The predicted octanol–water partition coefficient (Wildman–Crippen LogP) is 1.36. The first-order chi connectivity index (χ1) is 10.1. The minimum atomic E-state index is 0.225. The summed E-state index contributed by atoms with van der Waals surface area (Å²) in [5.74, 6) is 1.42. The zero-order chi connectivity index (χ0) is 15.2. The van der Waals surface area contributed by atoms with Crippen LogP contribution < -0.4 is 10.5 Å². The molecule has 2 heterocycles. The third-order valence-electron chi connectivity index (χ3n) is 4.49. The van der Waals surface area contributed by atoms with E-state index in [1.807, 2.05) is 12.3 Å². The topological polar surface area (TPSA) is 54.6 Å². The van der Waals surface area contributed by atoms with E-state index in [9.17, 15) is 0 Å². The fraction of sp³-hybridized carbons (Fsp3) is 0.688. The van der Waals surface area contributed by atoms with Gasteiger partial charge in [-0.15, -0.1) is 0 Å². The molecule has 5 heteroatoms. The van der Waals surface area contributed by atoms with E-state index < -0.39 is 0 Å². The van der Waals surface area contributed by atoms with Crippen LogP contribution in [0.1, 0.15) is 24.4 Å². The molecule has 5 nitrogen and oxygen atoms in total. The SMILES string of the molecule is COc1ccc(C(CN)N(C)CC2CCN(C)CC2)cn1. The van der Waals surface area contributed by atoms with Gasteiger partial charge in [-0.2, -0.15) is 0 Å². The fourth-order valence-corrected chi connectivity index (χ4v) is 3.06. The van der Waals surface area contributed by atoms with Crippen LogP contribution in [0.25, 0.3) is 0 Å². The molecule has 0 aromatic carbocycles. The quantitative estimate of drug-likeness (QED) is 0.858. The van der Waals surface area contributed by atoms with Crippen molar-refractivity contribution in [3.63, 3.8) is 0 Å². The van der Waals surface area contributed by atoms with Gasteiger partial charge in [0.2, 0.25) is 5.88 Å². The van der Waals surface area contributed by atoms with Crippen LogP contribution in [0, 0.1) is 5.92 Å². The highest BCUT2D eigenvalue weighted by Crippen LogP contribution is 2.23. The molecule has 1 aromatic rings. The van der Waals surface area contributed by atoms with Gasteiger partial charge in [0.15, 0.2) is 0 Å². The molecule has 1 fully saturated rings. The lowest BCUT2D eigenvalue weighted by Gasteiger charge is -2.34. The standard InChI is InChI=1S/C16H28N4O/c1-19-8-6-13(7-9-19)12-20(2)15(10-17)14-4-5-16(21-3)18-11-14/h4-5,11,13,15H,6-10,12,17H2,1-3H3. The van der Waals surface area contributed by atoms with Crippen LogP contribution in [0.15, 0.2) is 18.3 Å². The second-order valence-corrected chi connectivity index (χ2v) is 6.07. The van der Waals surface area contributed by atoms with Crippen molar-refractivity contribution in [2.45, 2.75) is 18.9 Å². The zero-order valence-electron chi connectivity index (χ0n) is 13.5. The third kappa shape index (κ3) is 4.40. The van der Waals surface area contributed by atoms with Crippen LogP contribution in [0.4, 0.5) is 0 Å². The first kappa shape index (κ1) is 16.2. The first-order valence-electron chi connectivity index (χ1n) is 7.72. The van der Waals surface area contributed by atoms with Crippen molar-refractivity contribution >= 4 is 0 Å². The van der Waals surface area contributed by atoms with Crippen molar-refractivity contribution in [3.8, 4) is 5.88 Å². The van der Waals surface area contributed by atoms with Gasteiger partial charge >= 0.3 is 0 Å². The number of likely N-dealkylation sites (tertiary alicyclic amines) is 1. The average Bonchev–Trinajstić information content (AvgIpc) is 2.51. The smallest absolute Gasteiger partial charge is 0.212 e. The second kappa shape index (κ2) is 7.73. The molecular weight excluding hydrogens is 264 g/mol. The summed E-state index contributed by atoms with van der Waals surface area (Å²) in [7, 11) is 6.00. The van der Waals surface area contributed by atoms with Crippen molar-refractivity contribution < 1.29 is 4.74 Å². The van der Waals surface area contributed by atoms with Gasteiger partial charge in [0.05, 0.1) is 7.11 Å². The van der Waals surface area contributed by atoms with Crippen molar-refractivity contribution in [1.82, 2.24) is 14.8 Å². The summed E-state index contributed by atoms with van der Waals surface area (Å²) in [6.45, 7) is 4.12. The molecule has 0 radical (unpaired) electrons. The average molecular weight is 292 g/mol. The van der Waals surface area contributed by atoms with Gasteiger partial charge in [-0.05, 0) is 51.5 Å². The lowest BCUT2D eigenvalue weighted by atomic mass is 9.95. The molecule has 1 saturated heterocycles. The van der Waals surface area contributed by atoms with Gasteiger partial charge in [0.1, 0.15) is 0 Å². The molecule has 1 aromatic heterocycles. The van der Waals surface area contributed by atoms with E-state index >= 15 is 0 Å². The molecule has 0 aliphatic carbocycles. The summed E-state index contributed by atoms with van der Waals surface area (Å²) >= 11 is 0. The summed E-state index contributed by atoms with van der Waals surface area (Å²) in [5, 5.41) is 0. The molecule has 0 saturated carbocycles. The molecule has 1 unspecified atom stereocenters. The zero-order valence-corrected chi connectivity index (χ0v) is 13.5. The Bertz CT molecular complexity index is 415. The normalized spacial score (nSPS) is 18.9. The van der Waals surface area contributed by atoms with E-state index in [4.69, 9.17) is 10.5 Å². The van der Waals surface area contributed by atoms with Gasteiger partial charge in [-0.3, -0.25) is 4.90 Å². The highest BCUT2D eigenvalue weighted by atomic mass is 16.5. The Balaban J connectivity index is 1.95. The maximum absolute atomic E-state index is 5.99. The molecule has 1 aliphatic rings. The van der Waals surface area contributed by atoms with Crippen LogP contribution in [0.2, 0.25) is 0 Å². The Morgan fingerprint density at radius 3 is 2.67 bits per heavy atom. The molecular formula is C16H28N4O. The number of pyridine rings is 1. The maximum atomic E-state index is 5.99. The molecule has 1 atom stereocenters. The number of piperidine rings is 1. The number of aromatic nitrogens is 1. The number of ether oxygens (including phenoxy) is 1. The van der Waals surface area contributed by atoms with Gasteiger partial charge in [0, 0.05) is 31.4 Å². The van der Waals surface area contributed by atoms with Crippen molar-refractivity contribution in [2.24, 2.45) is 11.7 Å². The third-order valence-corrected chi connectivity index (χ3v) is 4.49. The second-order valence-electron chi connectivity index (χ2n) is 6.07. The monoisotopic (exact) mass is 292 g/mol. The Morgan fingerprint density at radius 1 is 1.43 bits per heavy atom. The van der Waals surface area contributed by atoms with Gasteiger partial charge in [-0.25, -0.2) is 4.98 Å².